The number of aromatic nitrogens is 1. The Bertz CT molecular complexity index is 1320. The number of nitrogens with one attached hydrogen (secondary N) is 1. The maximum absolute atomic E-state index is 13.3. The lowest BCUT2D eigenvalue weighted by molar-refractivity contribution is -0.385. The van der Waals surface area contributed by atoms with E-state index in [2.05, 4.69) is 11.4 Å². The summed E-state index contributed by atoms with van der Waals surface area (Å²) < 4.78 is 20.0. The molecule has 0 atom stereocenters. The summed E-state index contributed by atoms with van der Waals surface area (Å²) in [7, 11) is 0. The van der Waals surface area contributed by atoms with Gasteiger partial charge in [-0.25, -0.2) is 9.18 Å². The molecule has 0 radical (unpaired) electrons. The number of nitrogens with zero attached hydrogens (tertiary/aromatic N) is 3. The molecule has 0 saturated heterocycles. The molecule has 174 valence electrons. The number of nitro benzene ring substituents is 1. The predicted octanol–water partition coefficient (Wildman–Crippen LogP) is 4.18. The highest BCUT2D eigenvalue weighted by Gasteiger charge is 2.21. The average Bonchev–Trinajstić information content (AvgIpc) is 3.02. The van der Waals surface area contributed by atoms with E-state index in [-0.39, 0.29) is 35.0 Å². The fraction of sp³-hybridized carbons (Fsp3) is 0.208. The van der Waals surface area contributed by atoms with Gasteiger partial charge in [-0.15, -0.1) is 0 Å². The van der Waals surface area contributed by atoms with E-state index in [0.717, 1.165) is 17.3 Å². The molecule has 9 nitrogen and oxygen atoms in total. The molecule has 0 fully saturated rings. The number of rotatable bonds is 7. The molecule has 3 aromatic rings. The van der Waals surface area contributed by atoms with Gasteiger partial charge in [0.1, 0.15) is 17.7 Å². The van der Waals surface area contributed by atoms with Gasteiger partial charge in [0.25, 0.3) is 11.6 Å². The van der Waals surface area contributed by atoms with Crippen LogP contribution in [0, 0.1) is 48.0 Å². The van der Waals surface area contributed by atoms with Crippen molar-refractivity contribution < 1.29 is 23.6 Å². The Labute approximate surface area is 194 Å². The van der Waals surface area contributed by atoms with Gasteiger partial charge in [-0.05, 0) is 50.1 Å². The van der Waals surface area contributed by atoms with Gasteiger partial charge in [-0.3, -0.25) is 14.9 Å². The third kappa shape index (κ3) is 5.10. The zero-order chi connectivity index (χ0) is 25.0. The van der Waals surface area contributed by atoms with Crippen LogP contribution in [0.2, 0.25) is 0 Å². The Morgan fingerprint density at radius 3 is 2.47 bits per heavy atom. The number of carbonyl (C=O) groups is 2. The number of esters is 1. The second-order valence-electron chi connectivity index (χ2n) is 7.64. The maximum Gasteiger partial charge on any atom is 0.338 e. The molecule has 10 heteroatoms. The smallest absolute Gasteiger partial charge is 0.338 e. The first-order valence-corrected chi connectivity index (χ1v) is 10.2. The van der Waals surface area contributed by atoms with Crippen molar-refractivity contribution in [2.75, 3.05) is 11.9 Å². The first-order chi connectivity index (χ1) is 16.1. The number of benzene rings is 2. The van der Waals surface area contributed by atoms with Crippen LogP contribution in [0.1, 0.15) is 38.3 Å². The summed E-state index contributed by atoms with van der Waals surface area (Å²) in [6.07, 6.45) is 0. The first-order valence-electron chi connectivity index (χ1n) is 10.2. The largest absolute Gasteiger partial charge is 0.452 e. The van der Waals surface area contributed by atoms with Crippen molar-refractivity contribution in [1.29, 1.82) is 5.26 Å². The number of nitro groups is 1. The fourth-order valence-corrected chi connectivity index (χ4v) is 3.42. The van der Waals surface area contributed by atoms with Crippen LogP contribution < -0.4 is 5.32 Å². The number of hydrogen-bond acceptors (Lipinski definition) is 6. The highest BCUT2D eigenvalue weighted by Crippen LogP contribution is 2.27. The number of nitriles is 1. The van der Waals surface area contributed by atoms with Crippen LogP contribution in [0.5, 0.6) is 0 Å². The van der Waals surface area contributed by atoms with E-state index in [9.17, 15) is 29.4 Å². The number of amides is 1. The van der Waals surface area contributed by atoms with E-state index in [1.807, 2.05) is 0 Å². The van der Waals surface area contributed by atoms with Crippen LogP contribution in [0.4, 0.5) is 15.9 Å². The molecule has 0 aliphatic rings. The van der Waals surface area contributed by atoms with Crippen molar-refractivity contribution in [2.45, 2.75) is 27.3 Å². The minimum atomic E-state index is -0.896. The van der Waals surface area contributed by atoms with Gasteiger partial charge < -0.3 is 14.6 Å². The molecule has 0 spiro atoms. The fourth-order valence-electron chi connectivity index (χ4n) is 3.42. The van der Waals surface area contributed by atoms with Crippen LogP contribution in [0.25, 0.3) is 0 Å². The molecule has 0 saturated carbocycles. The van der Waals surface area contributed by atoms with Crippen molar-refractivity contribution in [2.24, 2.45) is 0 Å². The zero-order valence-electron chi connectivity index (χ0n) is 18.7. The molecular formula is C24H21FN4O5. The minimum absolute atomic E-state index is 0.0609. The number of halogens is 1. The molecule has 1 amide bonds. The van der Waals surface area contributed by atoms with Crippen molar-refractivity contribution in [3.05, 3.63) is 91.9 Å². The lowest BCUT2D eigenvalue weighted by Crippen LogP contribution is -2.23. The van der Waals surface area contributed by atoms with E-state index < -0.39 is 23.4 Å². The maximum atomic E-state index is 13.3. The second kappa shape index (κ2) is 9.95. The zero-order valence-corrected chi connectivity index (χ0v) is 18.7. The molecule has 0 aliphatic carbocycles. The summed E-state index contributed by atoms with van der Waals surface area (Å²) in [5.41, 5.74) is 2.51. The van der Waals surface area contributed by atoms with Crippen LogP contribution in [0.3, 0.4) is 0 Å². The summed E-state index contributed by atoms with van der Waals surface area (Å²) in [5, 5.41) is 23.3. The van der Waals surface area contributed by atoms with E-state index in [4.69, 9.17) is 4.74 Å². The van der Waals surface area contributed by atoms with Gasteiger partial charge in [0.05, 0.1) is 16.1 Å². The van der Waals surface area contributed by atoms with Gasteiger partial charge in [0.15, 0.2) is 6.61 Å². The normalized spacial score (nSPS) is 10.4. The third-order valence-electron chi connectivity index (χ3n) is 5.43. The van der Waals surface area contributed by atoms with Gasteiger partial charge in [-0.1, -0.05) is 18.2 Å². The molecule has 34 heavy (non-hydrogen) atoms. The summed E-state index contributed by atoms with van der Waals surface area (Å²) >= 11 is 0. The first kappa shape index (κ1) is 24.1. The van der Waals surface area contributed by atoms with E-state index >= 15 is 0 Å². The summed E-state index contributed by atoms with van der Waals surface area (Å²) in [5.74, 6) is -1.73. The van der Waals surface area contributed by atoms with Crippen LogP contribution >= 0.6 is 0 Å². The highest BCUT2D eigenvalue weighted by atomic mass is 19.1. The van der Waals surface area contributed by atoms with Crippen molar-refractivity contribution in [1.82, 2.24) is 4.57 Å². The number of aryl methyl sites for hydroxylation is 1. The third-order valence-corrected chi connectivity index (χ3v) is 5.43. The Morgan fingerprint density at radius 2 is 1.85 bits per heavy atom. The summed E-state index contributed by atoms with van der Waals surface area (Å²) in [6.45, 7) is 4.69. The van der Waals surface area contributed by atoms with Gasteiger partial charge in [0, 0.05) is 23.9 Å². The molecule has 0 unspecified atom stereocenters. The Balaban J connectivity index is 1.76. The highest BCUT2D eigenvalue weighted by molar-refractivity contribution is 5.96. The minimum Gasteiger partial charge on any atom is -0.452 e. The number of anilines is 1. The van der Waals surface area contributed by atoms with Crippen LogP contribution in [-0.4, -0.2) is 28.0 Å². The molecular weight excluding hydrogens is 443 g/mol. The second-order valence-corrected chi connectivity index (χ2v) is 7.64. The lowest BCUT2D eigenvalue weighted by atomic mass is 10.1. The van der Waals surface area contributed by atoms with Gasteiger partial charge in [0.2, 0.25) is 0 Å². The quantitative estimate of drug-likeness (QED) is 0.317. The molecule has 1 aromatic heterocycles. The molecule has 3 rings (SSSR count). The monoisotopic (exact) mass is 464 g/mol. The number of hydrogen-bond donors (Lipinski definition) is 1. The molecule has 0 bridgehead atoms. The molecule has 2 aromatic carbocycles. The predicted molar refractivity (Wildman–Crippen MR) is 121 cm³/mol. The topological polar surface area (TPSA) is 127 Å². The van der Waals surface area contributed by atoms with Crippen LogP contribution in [-0.2, 0) is 16.1 Å². The van der Waals surface area contributed by atoms with E-state index in [0.29, 0.717) is 11.1 Å². The Morgan fingerprint density at radius 1 is 1.18 bits per heavy atom. The van der Waals surface area contributed by atoms with Crippen molar-refractivity contribution in [3.63, 3.8) is 0 Å². The van der Waals surface area contributed by atoms with E-state index in [1.165, 1.54) is 24.3 Å². The van der Waals surface area contributed by atoms with Crippen molar-refractivity contribution in [3.8, 4) is 6.07 Å². The number of carbonyl (C=O) groups excluding carboxylic acids is 2. The summed E-state index contributed by atoms with van der Waals surface area (Å²) in [4.78, 5) is 35.3. The average molecular weight is 464 g/mol. The Kier molecular flexibility index (Phi) is 7.06. The Hall–Kier alpha value is -4.52. The van der Waals surface area contributed by atoms with Gasteiger partial charge >= 0.3 is 5.97 Å². The molecule has 0 aliphatic heterocycles. The lowest BCUT2D eigenvalue weighted by Gasteiger charge is -2.13. The SMILES string of the molecule is Cc1ccc(C(=O)OCC(=O)Nc2c(C#N)c(C)c(C)n2Cc2ccc(F)cc2)cc1[N+](=O)[O-]. The van der Waals surface area contributed by atoms with Gasteiger partial charge in [-0.2, -0.15) is 5.26 Å². The van der Waals surface area contributed by atoms with E-state index in [1.54, 1.807) is 37.5 Å². The molecule has 1 N–H and O–H groups in total. The van der Waals surface area contributed by atoms with Crippen LogP contribution in [0.15, 0.2) is 42.5 Å². The number of ether oxygens (including phenoxy) is 1. The standard InChI is InChI=1S/C24H21FN4O5/c1-14-4-7-18(10-21(14)29(32)33)24(31)34-13-22(30)27-23-20(11-26)15(2)16(3)28(23)12-17-5-8-19(25)9-6-17/h4-10H,12-13H2,1-3H3,(H,27,30). The summed E-state index contributed by atoms with van der Waals surface area (Å²) in [6, 6.07) is 11.8. The van der Waals surface area contributed by atoms with Crippen molar-refractivity contribution >= 4 is 23.4 Å². The molecule has 1 heterocycles.